The van der Waals surface area contributed by atoms with Gasteiger partial charge < -0.3 is 5.32 Å². The lowest BCUT2D eigenvalue weighted by atomic mass is 10.1. The van der Waals surface area contributed by atoms with Gasteiger partial charge in [0, 0.05) is 9.92 Å². The van der Waals surface area contributed by atoms with Crippen molar-refractivity contribution in [3.05, 3.63) is 64.7 Å². The molecule has 3 heteroatoms. The Morgan fingerprint density at radius 1 is 0.957 bits per heavy atom. The summed E-state index contributed by atoms with van der Waals surface area (Å²) in [4.78, 5) is 1.34. The minimum absolute atomic E-state index is 0.116. The topological polar surface area (TPSA) is 12.0 Å². The van der Waals surface area contributed by atoms with Crippen LogP contribution in [0.1, 0.15) is 24.0 Å². The van der Waals surface area contributed by atoms with Gasteiger partial charge in [0.25, 0.3) is 0 Å². The molecular weight excluding hydrogens is 322 g/mol. The molecule has 0 aliphatic rings. The van der Waals surface area contributed by atoms with E-state index in [0.29, 0.717) is 0 Å². The number of halogens is 1. The first-order chi connectivity index (χ1) is 11.1. The summed E-state index contributed by atoms with van der Waals surface area (Å²) in [5.74, 6) is 4.08. The molecule has 0 fully saturated rings. The molecular formula is C20H26ClNS. The van der Waals surface area contributed by atoms with Crippen LogP contribution in [0.3, 0.4) is 0 Å². The van der Waals surface area contributed by atoms with E-state index in [1.807, 2.05) is 18.2 Å². The SMILES string of the molecule is C=S(C)c1ccc(CCCCNCCc2cccc(Cl)c2)cc1. The molecule has 0 amide bonds. The molecule has 2 rings (SSSR count). The van der Waals surface area contributed by atoms with Crippen LogP contribution in [0.4, 0.5) is 0 Å². The summed E-state index contributed by atoms with van der Waals surface area (Å²) in [6.45, 7) is 2.09. The molecule has 0 saturated heterocycles. The van der Waals surface area contributed by atoms with Crippen LogP contribution in [-0.2, 0) is 12.8 Å². The number of unbranched alkanes of at least 4 members (excludes halogenated alkanes) is 1. The quantitative estimate of drug-likeness (QED) is 0.486. The highest BCUT2D eigenvalue weighted by atomic mass is 35.5. The van der Waals surface area contributed by atoms with Crippen molar-refractivity contribution in [2.45, 2.75) is 30.6 Å². The summed E-state index contributed by atoms with van der Waals surface area (Å²) in [7, 11) is 0.116. The van der Waals surface area contributed by atoms with Crippen LogP contribution >= 0.6 is 22.1 Å². The Bertz CT molecular complexity index is 622. The lowest BCUT2D eigenvalue weighted by Crippen LogP contribution is -2.18. The maximum absolute atomic E-state index is 5.99. The summed E-state index contributed by atoms with van der Waals surface area (Å²) in [5, 5.41) is 4.33. The Morgan fingerprint density at radius 3 is 2.43 bits per heavy atom. The average Bonchev–Trinajstić information content (AvgIpc) is 2.54. The van der Waals surface area contributed by atoms with Crippen LogP contribution < -0.4 is 5.32 Å². The molecule has 1 atom stereocenters. The average molecular weight is 348 g/mol. The summed E-state index contributed by atoms with van der Waals surface area (Å²) >= 11 is 5.99. The lowest BCUT2D eigenvalue weighted by Gasteiger charge is -2.06. The number of benzene rings is 2. The van der Waals surface area contributed by atoms with Gasteiger partial charge in [-0.15, -0.1) is 0 Å². The molecule has 1 unspecified atom stereocenters. The predicted molar refractivity (Wildman–Crippen MR) is 106 cm³/mol. The molecule has 2 aromatic rings. The first-order valence-corrected chi connectivity index (χ1v) is 10.3. The molecule has 0 radical (unpaired) electrons. The molecule has 2 aromatic carbocycles. The minimum atomic E-state index is 0.116. The summed E-state index contributed by atoms with van der Waals surface area (Å²) in [6, 6.07) is 17.0. The number of aryl methyl sites for hydroxylation is 1. The molecule has 0 spiro atoms. The van der Waals surface area contributed by atoms with Crippen LogP contribution in [0.5, 0.6) is 0 Å². The summed E-state index contributed by atoms with van der Waals surface area (Å²) in [5.41, 5.74) is 2.73. The van der Waals surface area contributed by atoms with E-state index in [2.05, 4.69) is 47.8 Å². The Morgan fingerprint density at radius 2 is 1.74 bits per heavy atom. The maximum atomic E-state index is 5.99. The van der Waals surface area contributed by atoms with E-state index in [1.54, 1.807) is 0 Å². The molecule has 124 valence electrons. The highest BCUT2D eigenvalue weighted by Crippen LogP contribution is 2.20. The van der Waals surface area contributed by atoms with E-state index >= 15 is 0 Å². The van der Waals surface area contributed by atoms with Crippen LogP contribution in [0.2, 0.25) is 5.02 Å². The van der Waals surface area contributed by atoms with Gasteiger partial charge in [-0.2, -0.15) is 10.5 Å². The first kappa shape index (κ1) is 18.3. The Balaban J connectivity index is 1.56. The van der Waals surface area contributed by atoms with E-state index in [1.165, 1.54) is 28.9 Å². The van der Waals surface area contributed by atoms with Crippen molar-refractivity contribution in [1.29, 1.82) is 0 Å². The van der Waals surface area contributed by atoms with Gasteiger partial charge >= 0.3 is 0 Å². The minimum Gasteiger partial charge on any atom is -0.316 e. The van der Waals surface area contributed by atoms with Gasteiger partial charge in [0.2, 0.25) is 0 Å². The molecule has 0 aromatic heterocycles. The Labute approximate surface area is 148 Å². The van der Waals surface area contributed by atoms with Crippen LogP contribution in [-0.4, -0.2) is 25.2 Å². The second-order valence-corrected chi connectivity index (χ2v) is 8.05. The molecule has 0 aliphatic heterocycles. The third kappa shape index (κ3) is 6.90. The highest BCUT2D eigenvalue weighted by molar-refractivity contribution is 8.13. The van der Waals surface area contributed by atoms with Gasteiger partial charge in [-0.05, 0) is 80.4 Å². The second-order valence-electron chi connectivity index (χ2n) is 5.87. The van der Waals surface area contributed by atoms with Crippen molar-refractivity contribution in [2.75, 3.05) is 19.3 Å². The van der Waals surface area contributed by atoms with Crippen molar-refractivity contribution in [3.63, 3.8) is 0 Å². The molecule has 23 heavy (non-hydrogen) atoms. The van der Waals surface area contributed by atoms with Crippen molar-refractivity contribution >= 4 is 28.0 Å². The van der Waals surface area contributed by atoms with Gasteiger partial charge in [0.05, 0.1) is 0 Å². The largest absolute Gasteiger partial charge is 0.316 e. The molecule has 0 saturated carbocycles. The van der Waals surface area contributed by atoms with E-state index in [4.69, 9.17) is 11.6 Å². The highest BCUT2D eigenvalue weighted by Gasteiger charge is 1.97. The van der Waals surface area contributed by atoms with Crippen molar-refractivity contribution < 1.29 is 0 Å². The number of hydrogen-bond acceptors (Lipinski definition) is 1. The number of nitrogens with one attached hydrogen (secondary N) is 1. The van der Waals surface area contributed by atoms with Crippen molar-refractivity contribution in [1.82, 2.24) is 5.32 Å². The van der Waals surface area contributed by atoms with Gasteiger partial charge in [-0.1, -0.05) is 41.7 Å². The van der Waals surface area contributed by atoms with Crippen molar-refractivity contribution in [2.24, 2.45) is 0 Å². The standard InChI is InChI=1S/C20H26ClNS/c1-23(2)20-11-9-17(10-12-20)6-3-4-14-22-15-13-18-7-5-8-19(21)16-18/h5,7-12,16,22H,1,3-4,6,13-15H2,2H3. The molecule has 0 heterocycles. The molecule has 0 aliphatic carbocycles. The zero-order valence-electron chi connectivity index (χ0n) is 13.9. The van der Waals surface area contributed by atoms with E-state index in [9.17, 15) is 0 Å². The van der Waals surface area contributed by atoms with E-state index < -0.39 is 0 Å². The summed E-state index contributed by atoms with van der Waals surface area (Å²) < 4.78 is 0. The Kier molecular flexibility index (Phi) is 7.87. The monoisotopic (exact) mass is 347 g/mol. The van der Waals surface area contributed by atoms with Crippen LogP contribution in [0.15, 0.2) is 53.4 Å². The second kappa shape index (κ2) is 9.92. The maximum Gasteiger partial charge on any atom is 0.0408 e. The lowest BCUT2D eigenvalue weighted by molar-refractivity contribution is 0.622. The number of rotatable bonds is 9. The third-order valence-electron chi connectivity index (χ3n) is 3.87. The van der Waals surface area contributed by atoms with Gasteiger partial charge in [0.15, 0.2) is 0 Å². The van der Waals surface area contributed by atoms with Crippen molar-refractivity contribution in [3.8, 4) is 0 Å². The Hall–Kier alpha value is -1.09. The fourth-order valence-electron chi connectivity index (χ4n) is 2.52. The smallest absolute Gasteiger partial charge is 0.0408 e. The molecule has 1 nitrogen and oxygen atoms in total. The van der Waals surface area contributed by atoms with Gasteiger partial charge in [-0.25, -0.2) is 0 Å². The normalized spacial score (nSPS) is 12.3. The molecule has 0 bridgehead atoms. The summed E-state index contributed by atoms with van der Waals surface area (Å²) in [6.07, 6.45) is 6.79. The fraction of sp³-hybridized carbons (Fsp3) is 0.350. The number of hydrogen-bond donors (Lipinski definition) is 1. The fourth-order valence-corrected chi connectivity index (χ4v) is 3.33. The van der Waals surface area contributed by atoms with E-state index in [-0.39, 0.29) is 10.5 Å². The van der Waals surface area contributed by atoms with E-state index in [0.717, 1.165) is 31.0 Å². The predicted octanol–water partition coefficient (Wildman–Crippen LogP) is 5.18. The van der Waals surface area contributed by atoms with Crippen LogP contribution in [0.25, 0.3) is 0 Å². The van der Waals surface area contributed by atoms with Gasteiger partial charge in [-0.3, -0.25) is 0 Å². The zero-order valence-corrected chi connectivity index (χ0v) is 15.4. The van der Waals surface area contributed by atoms with Gasteiger partial charge in [0.1, 0.15) is 0 Å². The molecule has 1 N–H and O–H groups in total. The third-order valence-corrected chi connectivity index (χ3v) is 5.19. The van der Waals surface area contributed by atoms with Crippen LogP contribution in [0, 0.1) is 0 Å². The zero-order chi connectivity index (χ0) is 16.5. The first-order valence-electron chi connectivity index (χ1n) is 8.15.